The first-order valence-corrected chi connectivity index (χ1v) is 13.1. The van der Waals surface area contributed by atoms with E-state index in [1.165, 1.54) is 11.8 Å². The van der Waals surface area contributed by atoms with E-state index in [1.807, 2.05) is 36.4 Å². The molecule has 40 heavy (non-hydrogen) atoms. The second-order valence-electron chi connectivity index (χ2n) is 10.0. The Kier molecular flexibility index (Phi) is 7.51. The average Bonchev–Trinajstić information content (AvgIpc) is 3.49. The lowest BCUT2D eigenvalue weighted by molar-refractivity contribution is -0.153. The number of hydrogen-bond donors (Lipinski definition) is 3. The van der Waals surface area contributed by atoms with E-state index < -0.39 is 29.6 Å². The van der Waals surface area contributed by atoms with E-state index in [4.69, 9.17) is 4.74 Å². The molecule has 0 radical (unpaired) electrons. The quantitative estimate of drug-likeness (QED) is 0.200. The summed E-state index contributed by atoms with van der Waals surface area (Å²) in [6, 6.07) is 14.5. The molecule has 2 unspecified atom stereocenters. The van der Waals surface area contributed by atoms with Gasteiger partial charge in [-0.15, -0.1) is 5.10 Å². The standard InChI is InChI=1S/C29H31N5O6/c1-18(8-6-7-13-33-16-25(31-32-33)22(17-35)20-9-4-3-5-10-20)29(39)23-14-21(11-12-24(23)30-28(29)38)34-26(37)15-27(34)40-19(2)36/h3-6,8-12,14,16,18,22,27,35,39H,7,13,15,17H2,1-2H3,(H,30,38)/b8-6+/t18-,22?,27?,29+/m1/s1. The molecule has 3 heterocycles. The van der Waals surface area contributed by atoms with Crippen molar-refractivity contribution in [1.82, 2.24) is 15.0 Å². The molecule has 3 aromatic rings. The van der Waals surface area contributed by atoms with E-state index in [2.05, 4.69) is 15.6 Å². The van der Waals surface area contributed by atoms with Gasteiger partial charge in [-0.25, -0.2) is 0 Å². The normalized spacial score (nSPS) is 21.6. The second-order valence-corrected chi connectivity index (χ2v) is 10.0. The van der Waals surface area contributed by atoms with Crippen LogP contribution in [0.4, 0.5) is 11.4 Å². The third-order valence-electron chi connectivity index (χ3n) is 7.40. The average molecular weight is 546 g/mol. The number of amides is 2. The highest BCUT2D eigenvalue weighted by molar-refractivity contribution is 6.07. The highest BCUT2D eigenvalue weighted by Crippen LogP contribution is 2.44. The molecule has 1 saturated heterocycles. The molecule has 3 N–H and O–H groups in total. The van der Waals surface area contributed by atoms with Crippen LogP contribution in [0.25, 0.3) is 0 Å². The van der Waals surface area contributed by atoms with Gasteiger partial charge in [0.1, 0.15) is 0 Å². The second kappa shape index (κ2) is 11.0. The van der Waals surface area contributed by atoms with Crippen molar-refractivity contribution in [3.8, 4) is 0 Å². The molecule has 0 aliphatic carbocycles. The zero-order valence-corrected chi connectivity index (χ0v) is 22.2. The topological polar surface area (TPSA) is 147 Å². The Morgan fingerprint density at radius 2 is 2.02 bits per heavy atom. The number of allylic oxidation sites excluding steroid dienone is 1. The van der Waals surface area contributed by atoms with Crippen molar-refractivity contribution in [3.05, 3.63) is 83.7 Å². The van der Waals surface area contributed by atoms with E-state index in [0.717, 1.165) is 5.56 Å². The van der Waals surface area contributed by atoms with Crippen molar-refractivity contribution < 1.29 is 29.3 Å². The molecule has 2 aliphatic rings. The van der Waals surface area contributed by atoms with Gasteiger partial charge < -0.3 is 20.3 Å². The molecule has 2 amide bonds. The molecule has 2 aliphatic heterocycles. The number of aromatic nitrogens is 3. The minimum Gasteiger partial charge on any atom is -0.441 e. The molecule has 1 aromatic heterocycles. The van der Waals surface area contributed by atoms with Crippen LogP contribution in [0, 0.1) is 5.92 Å². The molecule has 0 bridgehead atoms. The molecule has 11 heteroatoms. The molecule has 1 fully saturated rings. The summed E-state index contributed by atoms with van der Waals surface area (Å²) in [6.07, 6.45) is 5.39. The van der Waals surface area contributed by atoms with E-state index >= 15 is 0 Å². The number of aliphatic hydroxyl groups is 2. The SMILES string of the molecule is CC(=O)OC1CC(=O)N1c1ccc2c(c1)[C@@](O)([C@H](C)/C=C/CCn1cc(C(CO)c3ccccc3)nn1)C(=O)N2. The van der Waals surface area contributed by atoms with Crippen LogP contribution in [0.3, 0.4) is 0 Å². The largest absolute Gasteiger partial charge is 0.441 e. The van der Waals surface area contributed by atoms with Crippen LogP contribution >= 0.6 is 0 Å². The zero-order valence-electron chi connectivity index (χ0n) is 22.2. The van der Waals surface area contributed by atoms with Gasteiger partial charge in [-0.2, -0.15) is 0 Å². The molecule has 208 valence electrons. The summed E-state index contributed by atoms with van der Waals surface area (Å²) in [5.41, 5.74) is 1.03. The van der Waals surface area contributed by atoms with Crippen LogP contribution in [0.2, 0.25) is 0 Å². The number of nitrogens with zero attached hydrogens (tertiary/aromatic N) is 4. The van der Waals surface area contributed by atoms with Crippen LogP contribution in [-0.2, 0) is 31.3 Å². The fourth-order valence-electron chi connectivity index (χ4n) is 5.17. The van der Waals surface area contributed by atoms with Gasteiger partial charge >= 0.3 is 5.97 Å². The van der Waals surface area contributed by atoms with Crippen molar-refractivity contribution in [2.75, 3.05) is 16.8 Å². The van der Waals surface area contributed by atoms with E-state index in [9.17, 15) is 24.6 Å². The number of esters is 1. The number of aliphatic hydroxyl groups excluding tert-OH is 1. The van der Waals surface area contributed by atoms with Gasteiger partial charge in [0.2, 0.25) is 5.91 Å². The summed E-state index contributed by atoms with van der Waals surface area (Å²) in [5.74, 6) is -2.13. The van der Waals surface area contributed by atoms with Gasteiger partial charge in [-0.05, 0) is 30.2 Å². The number of carbonyl (C=O) groups excluding carboxylic acids is 3. The van der Waals surface area contributed by atoms with Gasteiger partial charge in [-0.1, -0.05) is 54.6 Å². The summed E-state index contributed by atoms with van der Waals surface area (Å²) >= 11 is 0. The number of hydrogen-bond acceptors (Lipinski definition) is 8. The van der Waals surface area contributed by atoms with Gasteiger partial charge in [0.15, 0.2) is 11.8 Å². The molecule has 4 atom stereocenters. The number of rotatable bonds is 10. The van der Waals surface area contributed by atoms with Crippen molar-refractivity contribution >= 4 is 29.2 Å². The van der Waals surface area contributed by atoms with Gasteiger partial charge in [0.25, 0.3) is 5.91 Å². The smallest absolute Gasteiger partial charge is 0.304 e. The summed E-state index contributed by atoms with van der Waals surface area (Å²) in [4.78, 5) is 37.9. The Bertz CT molecular complexity index is 1450. The number of carbonyl (C=O) groups is 3. The predicted octanol–water partition coefficient (Wildman–Crippen LogP) is 2.45. The van der Waals surface area contributed by atoms with Crippen LogP contribution in [-0.4, -0.2) is 55.8 Å². The van der Waals surface area contributed by atoms with Crippen molar-refractivity contribution in [2.24, 2.45) is 5.92 Å². The van der Waals surface area contributed by atoms with Crippen molar-refractivity contribution in [1.29, 1.82) is 0 Å². The van der Waals surface area contributed by atoms with Gasteiger partial charge in [0.05, 0.1) is 24.6 Å². The zero-order chi connectivity index (χ0) is 28.4. The Hall–Kier alpha value is -4.35. The fraction of sp³-hybridized carbons (Fsp3) is 0.345. The molecular weight excluding hydrogens is 514 g/mol. The Labute approximate surface area is 231 Å². The molecule has 0 saturated carbocycles. The van der Waals surface area contributed by atoms with Crippen LogP contribution in [0.5, 0.6) is 0 Å². The molecule has 11 nitrogen and oxygen atoms in total. The van der Waals surface area contributed by atoms with Crippen molar-refractivity contribution in [2.45, 2.75) is 51.0 Å². The number of ether oxygens (including phenoxy) is 1. The Morgan fingerprint density at radius 1 is 1.25 bits per heavy atom. The third-order valence-corrected chi connectivity index (χ3v) is 7.40. The molecule has 0 spiro atoms. The first-order valence-electron chi connectivity index (χ1n) is 13.1. The van der Waals surface area contributed by atoms with Crippen LogP contribution < -0.4 is 10.2 Å². The monoisotopic (exact) mass is 545 g/mol. The molecule has 2 aromatic carbocycles. The van der Waals surface area contributed by atoms with Crippen LogP contribution in [0.15, 0.2) is 66.9 Å². The maximum absolute atomic E-state index is 12.9. The highest BCUT2D eigenvalue weighted by atomic mass is 16.6. The van der Waals surface area contributed by atoms with E-state index in [-0.39, 0.29) is 24.9 Å². The van der Waals surface area contributed by atoms with Gasteiger partial charge in [-0.3, -0.25) is 24.0 Å². The number of benzene rings is 2. The fourth-order valence-corrected chi connectivity index (χ4v) is 5.17. The summed E-state index contributed by atoms with van der Waals surface area (Å²) in [5, 5.41) is 32.6. The van der Waals surface area contributed by atoms with Crippen LogP contribution in [0.1, 0.15) is 49.4 Å². The summed E-state index contributed by atoms with van der Waals surface area (Å²) in [7, 11) is 0. The van der Waals surface area contributed by atoms with Gasteiger partial charge in [0, 0.05) is 42.5 Å². The lowest BCUT2D eigenvalue weighted by Crippen LogP contribution is -2.55. The Balaban J connectivity index is 1.26. The summed E-state index contributed by atoms with van der Waals surface area (Å²) in [6.45, 7) is 3.45. The number of β-lactam (4-membered cyclic amide) rings is 1. The maximum atomic E-state index is 12.9. The predicted molar refractivity (Wildman–Crippen MR) is 145 cm³/mol. The molecular formula is C29H31N5O6. The number of aryl methyl sites for hydroxylation is 1. The number of anilines is 2. The third kappa shape index (κ3) is 5.01. The minimum atomic E-state index is -1.85. The summed E-state index contributed by atoms with van der Waals surface area (Å²) < 4.78 is 6.89. The first-order chi connectivity index (χ1) is 19.2. The maximum Gasteiger partial charge on any atom is 0.304 e. The number of fused-ring (bicyclic) bond motifs is 1. The number of nitrogens with one attached hydrogen (secondary N) is 1. The minimum absolute atomic E-state index is 0.0808. The van der Waals surface area contributed by atoms with Crippen molar-refractivity contribution in [3.63, 3.8) is 0 Å². The van der Waals surface area contributed by atoms with E-state index in [0.29, 0.717) is 35.6 Å². The lowest BCUT2D eigenvalue weighted by atomic mass is 9.82. The Morgan fingerprint density at radius 3 is 2.73 bits per heavy atom. The molecule has 5 rings (SSSR count). The van der Waals surface area contributed by atoms with E-state index in [1.54, 1.807) is 42.1 Å². The first kappa shape index (κ1) is 27.2. The highest BCUT2D eigenvalue weighted by Gasteiger charge is 2.49. The lowest BCUT2D eigenvalue weighted by Gasteiger charge is -2.39.